The van der Waals surface area contributed by atoms with Crippen molar-refractivity contribution in [2.24, 2.45) is 0 Å². The van der Waals surface area contributed by atoms with E-state index >= 15 is 0 Å². The van der Waals surface area contributed by atoms with Crippen molar-refractivity contribution in [1.82, 2.24) is 14.9 Å². The molecule has 0 saturated carbocycles. The van der Waals surface area contributed by atoms with Gasteiger partial charge in [-0.2, -0.15) is 0 Å². The summed E-state index contributed by atoms with van der Waals surface area (Å²) in [5.74, 6) is 0.742. The summed E-state index contributed by atoms with van der Waals surface area (Å²) in [5.41, 5.74) is 0.357. The van der Waals surface area contributed by atoms with Crippen LogP contribution in [0.5, 0.6) is 0 Å². The molecule has 0 aromatic carbocycles. The highest BCUT2D eigenvalue weighted by Gasteiger charge is 2.33. The monoisotopic (exact) mass is 294 g/mol. The number of nitrogens with one attached hydrogen (secondary N) is 1. The molecule has 7 heteroatoms. The highest BCUT2D eigenvalue weighted by Crippen LogP contribution is 2.18. The molecule has 1 saturated heterocycles. The summed E-state index contributed by atoms with van der Waals surface area (Å²) in [6.45, 7) is 7.25. The number of carbonyl (C=O) groups is 1. The smallest absolute Gasteiger partial charge is 0.410 e. The summed E-state index contributed by atoms with van der Waals surface area (Å²) in [6, 6.07) is 2.03. The highest BCUT2D eigenvalue weighted by molar-refractivity contribution is 5.69. The van der Waals surface area contributed by atoms with Crippen LogP contribution in [0.2, 0.25) is 0 Å². The van der Waals surface area contributed by atoms with Gasteiger partial charge in [0.05, 0.1) is 18.3 Å². The van der Waals surface area contributed by atoms with Crippen LogP contribution in [0.4, 0.5) is 10.6 Å². The van der Waals surface area contributed by atoms with Crippen molar-refractivity contribution in [3.63, 3.8) is 0 Å². The molecular formula is C14H22N4O3. The number of amides is 1. The number of nitrogens with zero attached hydrogens (tertiary/aromatic N) is 3. The lowest BCUT2D eigenvalue weighted by molar-refractivity contribution is 0.0104. The van der Waals surface area contributed by atoms with Gasteiger partial charge in [-0.25, -0.2) is 14.8 Å². The predicted molar refractivity (Wildman–Crippen MR) is 78.0 cm³/mol. The quantitative estimate of drug-likeness (QED) is 0.910. The van der Waals surface area contributed by atoms with Crippen LogP contribution in [0.3, 0.4) is 0 Å². The van der Waals surface area contributed by atoms with E-state index in [1.165, 1.54) is 6.33 Å². The van der Waals surface area contributed by atoms with Crippen LogP contribution >= 0.6 is 0 Å². The predicted octanol–water partition coefficient (Wildman–Crippen LogP) is 1.65. The summed E-state index contributed by atoms with van der Waals surface area (Å²) < 4.78 is 10.3. The molecule has 1 N–H and O–H groups in total. The minimum atomic E-state index is -0.461. The van der Waals surface area contributed by atoms with Gasteiger partial charge < -0.3 is 19.7 Å². The van der Waals surface area contributed by atoms with Crippen LogP contribution in [0, 0.1) is 0 Å². The maximum absolute atomic E-state index is 11.8. The van der Waals surface area contributed by atoms with Crippen molar-refractivity contribution in [1.29, 1.82) is 0 Å². The Kier molecular flexibility index (Phi) is 4.62. The number of rotatable bonds is 4. The van der Waals surface area contributed by atoms with Gasteiger partial charge >= 0.3 is 6.09 Å². The summed E-state index contributed by atoms with van der Waals surface area (Å²) in [5, 5.41) is 3.27. The largest absolute Gasteiger partial charge is 0.444 e. The lowest BCUT2D eigenvalue weighted by Crippen LogP contribution is -2.58. The molecule has 0 aliphatic carbocycles. The third-order valence-corrected chi connectivity index (χ3v) is 2.90. The molecule has 0 bridgehead atoms. The second-order valence-corrected chi connectivity index (χ2v) is 6.05. The first-order valence-corrected chi connectivity index (χ1v) is 6.92. The molecule has 1 aliphatic rings. The highest BCUT2D eigenvalue weighted by atomic mass is 16.6. The maximum atomic E-state index is 11.8. The Morgan fingerprint density at radius 2 is 2.14 bits per heavy atom. The Bertz CT molecular complexity index is 495. The zero-order valence-corrected chi connectivity index (χ0v) is 12.9. The Hall–Kier alpha value is -1.89. The average molecular weight is 294 g/mol. The summed E-state index contributed by atoms with van der Waals surface area (Å²) >= 11 is 0. The first-order chi connectivity index (χ1) is 9.87. The SMILES string of the molecule is COCc1cc(NC2CN(C(=O)OC(C)(C)C)C2)ncn1. The molecule has 7 nitrogen and oxygen atoms in total. The zero-order chi connectivity index (χ0) is 15.5. The molecule has 1 fully saturated rings. The lowest BCUT2D eigenvalue weighted by atomic mass is 10.1. The van der Waals surface area contributed by atoms with Crippen LogP contribution in [-0.2, 0) is 16.1 Å². The van der Waals surface area contributed by atoms with Gasteiger partial charge in [-0.05, 0) is 20.8 Å². The van der Waals surface area contributed by atoms with Gasteiger partial charge in [-0.1, -0.05) is 0 Å². The number of aromatic nitrogens is 2. The second kappa shape index (κ2) is 6.26. The molecule has 0 atom stereocenters. The molecular weight excluding hydrogens is 272 g/mol. The Balaban J connectivity index is 1.80. The van der Waals surface area contributed by atoms with E-state index in [2.05, 4.69) is 15.3 Å². The van der Waals surface area contributed by atoms with E-state index < -0.39 is 5.60 Å². The molecule has 2 heterocycles. The van der Waals surface area contributed by atoms with Gasteiger partial charge in [0.25, 0.3) is 0 Å². The first kappa shape index (κ1) is 15.5. The molecule has 1 aromatic heterocycles. The zero-order valence-electron chi connectivity index (χ0n) is 12.9. The van der Waals surface area contributed by atoms with Gasteiger partial charge in [0.1, 0.15) is 17.7 Å². The van der Waals surface area contributed by atoms with Crippen molar-refractivity contribution in [2.45, 2.75) is 39.0 Å². The van der Waals surface area contributed by atoms with Gasteiger partial charge in [-0.15, -0.1) is 0 Å². The fourth-order valence-electron chi connectivity index (χ4n) is 1.96. The van der Waals surface area contributed by atoms with E-state index in [9.17, 15) is 4.79 Å². The molecule has 1 aliphatic heterocycles. The normalized spacial score (nSPS) is 15.5. The molecule has 0 unspecified atom stereocenters. The van der Waals surface area contributed by atoms with Gasteiger partial charge in [0.2, 0.25) is 0 Å². The fraction of sp³-hybridized carbons (Fsp3) is 0.643. The van der Waals surface area contributed by atoms with E-state index in [1.807, 2.05) is 26.8 Å². The molecule has 0 radical (unpaired) electrons. The minimum Gasteiger partial charge on any atom is -0.444 e. The van der Waals surface area contributed by atoms with Crippen molar-refractivity contribution in [2.75, 3.05) is 25.5 Å². The van der Waals surface area contributed by atoms with E-state index in [0.29, 0.717) is 19.7 Å². The van der Waals surface area contributed by atoms with Crippen molar-refractivity contribution in [3.8, 4) is 0 Å². The van der Waals surface area contributed by atoms with Gasteiger partial charge in [0.15, 0.2) is 0 Å². The van der Waals surface area contributed by atoms with Crippen molar-refractivity contribution < 1.29 is 14.3 Å². The molecule has 1 amide bonds. The van der Waals surface area contributed by atoms with Crippen molar-refractivity contribution in [3.05, 3.63) is 18.1 Å². The van der Waals surface area contributed by atoms with E-state index in [-0.39, 0.29) is 12.1 Å². The standard InChI is InChI=1S/C14H22N4O3/c1-14(2,3)21-13(19)18-6-11(7-18)17-12-5-10(8-20-4)15-9-16-12/h5,9,11H,6-8H2,1-4H3,(H,15,16,17). The van der Waals surface area contributed by atoms with Crippen LogP contribution in [0.25, 0.3) is 0 Å². The topological polar surface area (TPSA) is 76.6 Å². The third kappa shape index (κ3) is 4.56. The number of hydrogen-bond donors (Lipinski definition) is 1. The Morgan fingerprint density at radius 3 is 2.76 bits per heavy atom. The van der Waals surface area contributed by atoms with Crippen LogP contribution < -0.4 is 5.32 Å². The second-order valence-electron chi connectivity index (χ2n) is 6.05. The van der Waals surface area contributed by atoms with E-state index in [4.69, 9.17) is 9.47 Å². The molecule has 1 aromatic rings. The minimum absolute atomic E-state index is 0.183. The molecule has 2 rings (SSSR count). The summed E-state index contributed by atoms with van der Waals surface area (Å²) in [7, 11) is 1.62. The summed E-state index contributed by atoms with van der Waals surface area (Å²) in [4.78, 5) is 21.7. The number of likely N-dealkylation sites (tertiary alicyclic amines) is 1. The van der Waals surface area contributed by atoms with Gasteiger partial charge in [0, 0.05) is 26.3 Å². The van der Waals surface area contributed by atoms with Gasteiger partial charge in [-0.3, -0.25) is 0 Å². The third-order valence-electron chi connectivity index (χ3n) is 2.90. The van der Waals surface area contributed by atoms with Crippen LogP contribution in [0.15, 0.2) is 12.4 Å². The summed E-state index contributed by atoms with van der Waals surface area (Å²) in [6.07, 6.45) is 1.23. The Labute approximate surface area is 124 Å². The van der Waals surface area contributed by atoms with E-state index in [1.54, 1.807) is 12.0 Å². The molecule has 0 spiro atoms. The molecule has 21 heavy (non-hydrogen) atoms. The molecule has 116 valence electrons. The fourth-order valence-corrected chi connectivity index (χ4v) is 1.96. The maximum Gasteiger partial charge on any atom is 0.410 e. The first-order valence-electron chi connectivity index (χ1n) is 6.92. The average Bonchev–Trinajstić information content (AvgIpc) is 2.32. The van der Waals surface area contributed by atoms with Crippen LogP contribution in [0.1, 0.15) is 26.5 Å². The number of anilines is 1. The number of carbonyl (C=O) groups excluding carboxylic acids is 1. The Morgan fingerprint density at radius 1 is 1.43 bits per heavy atom. The van der Waals surface area contributed by atoms with Crippen molar-refractivity contribution >= 4 is 11.9 Å². The van der Waals surface area contributed by atoms with Crippen LogP contribution in [-0.4, -0.2) is 52.8 Å². The number of hydrogen-bond acceptors (Lipinski definition) is 6. The number of methoxy groups -OCH3 is 1. The lowest BCUT2D eigenvalue weighted by Gasteiger charge is -2.40. The van der Waals surface area contributed by atoms with E-state index in [0.717, 1.165) is 11.5 Å². The number of ether oxygens (including phenoxy) is 2.